The van der Waals surface area contributed by atoms with E-state index in [1.54, 1.807) is 19.2 Å². The molecule has 4 heterocycles. The molecule has 1 N–H and O–H groups in total. The van der Waals surface area contributed by atoms with Gasteiger partial charge in [0.1, 0.15) is 22.7 Å². The minimum Gasteiger partial charge on any atom is -0.508 e. The van der Waals surface area contributed by atoms with Gasteiger partial charge in [-0.1, -0.05) is 18.5 Å². The summed E-state index contributed by atoms with van der Waals surface area (Å²) in [5, 5.41) is 11.3. The van der Waals surface area contributed by atoms with Crippen molar-refractivity contribution in [3.8, 4) is 34.3 Å². The van der Waals surface area contributed by atoms with E-state index in [1.165, 1.54) is 25.3 Å². The first-order chi connectivity index (χ1) is 20.8. The van der Waals surface area contributed by atoms with Crippen molar-refractivity contribution in [2.45, 2.75) is 45.2 Å². The number of fused-ring (bicyclic) bond motifs is 4. The second kappa shape index (κ2) is 9.74. The summed E-state index contributed by atoms with van der Waals surface area (Å²) >= 11 is 6.49. The van der Waals surface area contributed by atoms with Crippen molar-refractivity contribution in [1.82, 2.24) is 24.0 Å². The molecule has 8 nitrogen and oxygen atoms in total. The lowest BCUT2D eigenvalue weighted by Gasteiger charge is -2.27. The molecule has 3 fully saturated rings. The number of phenolic OH excluding ortho intramolecular Hbond substituents is 1. The first-order valence-electron chi connectivity index (χ1n) is 15.2. The number of pyridine rings is 1. The molecule has 3 aliphatic rings. The lowest BCUT2D eigenvalue weighted by atomic mass is 10.0. The van der Waals surface area contributed by atoms with Crippen LogP contribution in [0.2, 0.25) is 5.02 Å². The number of halogens is 1. The van der Waals surface area contributed by atoms with Crippen LogP contribution in [-0.4, -0.2) is 54.7 Å². The largest absolute Gasteiger partial charge is 0.508 e. The van der Waals surface area contributed by atoms with Crippen molar-refractivity contribution < 1.29 is 14.6 Å². The molecule has 220 valence electrons. The predicted octanol–water partition coefficient (Wildman–Crippen LogP) is 6.91. The highest BCUT2D eigenvalue weighted by molar-refractivity contribution is 6.33. The Bertz CT molecular complexity index is 1940. The van der Waals surface area contributed by atoms with Gasteiger partial charge in [0.2, 0.25) is 0 Å². The van der Waals surface area contributed by atoms with E-state index in [9.17, 15) is 9.90 Å². The van der Waals surface area contributed by atoms with Crippen molar-refractivity contribution in [2.24, 2.45) is 24.8 Å². The molecule has 1 saturated heterocycles. The van der Waals surface area contributed by atoms with Gasteiger partial charge in [0.05, 0.1) is 29.0 Å². The fraction of sp³-hybridized carbons (Fsp3) is 0.382. The molecular formula is C34H34ClN5O3. The van der Waals surface area contributed by atoms with Crippen LogP contribution in [0.3, 0.4) is 0 Å². The lowest BCUT2D eigenvalue weighted by Crippen LogP contribution is -2.38. The second-order valence-corrected chi connectivity index (χ2v) is 13.0. The number of hydrogen-bond donors (Lipinski definition) is 1. The molecule has 1 aliphatic heterocycles. The van der Waals surface area contributed by atoms with Crippen LogP contribution in [0.25, 0.3) is 44.8 Å². The van der Waals surface area contributed by atoms with Gasteiger partial charge in [-0.05, 0) is 92.0 Å². The number of carbonyl (C=O) groups is 1. The number of benzene rings is 2. The quantitative estimate of drug-likeness (QED) is 0.231. The van der Waals surface area contributed by atoms with E-state index in [2.05, 4.69) is 33.1 Å². The number of aryl methyl sites for hydroxylation is 1. The molecule has 5 aromatic rings. The summed E-state index contributed by atoms with van der Waals surface area (Å²) < 4.78 is 10.2. The average Bonchev–Trinajstić information content (AvgIpc) is 3.41. The van der Waals surface area contributed by atoms with E-state index in [4.69, 9.17) is 26.3 Å². The van der Waals surface area contributed by atoms with Gasteiger partial charge in [0, 0.05) is 42.7 Å². The van der Waals surface area contributed by atoms with E-state index >= 15 is 0 Å². The van der Waals surface area contributed by atoms with Crippen LogP contribution in [0.5, 0.6) is 11.5 Å². The fourth-order valence-electron chi connectivity index (χ4n) is 7.45. The van der Waals surface area contributed by atoms with Crippen molar-refractivity contribution in [2.75, 3.05) is 13.7 Å². The summed E-state index contributed by atoms with van der Waals surface area (Å²) in [7, 11) is 3.66. The average molecular weight is 596 g/mol. The van der Waals surface area contributed by atoms with E-state index in [1.807, 2.05) is 25.2 Å². The molecule has 2 aliphatic carbocycles. The minimum atomic E-state index is 0.0684. The van der Waals surface area contributed by atoms with Crippen molar-refractivity contribution in [3.05, 3.63) is 59.1 Å². The number of aromatic nitrogens is 4. The van der Waals surface area contributed by atoms with Crippen LogP contribution in [0.4, 0.5) is 0 Å². The Kier molecular flexibility index (Phi) is 6.02. The number of ether oxygens (including phenoxy) is 1. The number of hydrogen-bond acceptors (Lipinski definition) is 5. The van der Waals surface area contributed by atoms with Gasteiger partial charge in [-0.3, -0.25) is 4.79 Å². The standard InChI is InChI=1S/C34H34ClN5O3/c1-18-21-7-11-28(18)40(17-21)34(42)22-12-27-31(30(14-22)43-3)38(2)33(37-27)29-13-20-6-10-26(24-9-8-23(41)15-25(24)35)36-32(20)39(29)16-19-4-5-19/h6,8-10,12-15,18-19,21,28,41H,4-5,7,11,16-17H2,1-3H3/t18-,21?,28?/m1/s1. The van der Waals surface area contributed by atoms with E-state index in [0.717, 1.165) is 64.4 Å². The molecule has 3 aromatic heterocycles. The SMILES string of the molecule is COc1cc(C(=O)N2CC3CCC2[C@@H]3C)cc2nc(-c3cc4ccc(-c5ccc(O)cc5Cl)nc4n3CC3CC3)n(C)c12. The predicted molar refractivity (Wildman–Crippen MR) is 168 cm³/mol. The Labute approximate surface area is 254 Å². The molecule has 9 heteroatoms. The summed E-state index contributed by atoms with van der Waals surface area (Å²) in [4.78, 5) is 26.0. The molecule has 2 aromatic carbocycles. The van der Waals surface area contributed by atoms with Crippen LogP contribution in [-0.2, 0) is 13.6 Å². The van der Waals surface area contributed by atoms with Gasteiger partial charge in [-0.2, -0.15) is 0 Å². The van der Waals surface area contributed by atoms with Gasteiger partial charge >= 0.3 is 0 Å². The van der Waals surface area contributed by atoms with E-state index < -0.39 is 0 Å². The molecule has 8 rings (SSSR count). The number of nitrogens with zero attached hydrogens (tertiary/aromatic N) is 5. The summed E-state index contributed by atoms with van der Waals surface area (Å²) in [6.45, 7) is 3.96. The van der Waals surface area contributed by atoms with E-state index in [0.29, 0.717) is 40.1 Å². The van der Waals surface area contributed by atoms with Gasteiger partial charge < -0.3 is 23.9 Å². The number of phenols is 1. The molecule has 43 heavy (non-hydrogen) atoms. The zero-order valence-electron chi connectivity index (χ0n) is 24.5. The van der Waals surface area contributed by atoms with E-state index in [-0.39, 0.29) is 11.7 Å². The third-order valence-electron chi connectivity index (χ3n) is 10.0. The first kappa shape index (κ1) is 26.6. The zero-order chi connectivity index (χ0) is 29.6. The maximum absolute atomic E-state index is 13.7. The van der Waals surface area contributed by atoms with Crippen LogP contribution in [0, 0.1) is 17.8 Å². The number of imidazole rings is 1. The summed E-state index contributed by atoms with van der Waals surface area (Å²) in [5.41, 5.74) is 5.60. The molecule has 2 unspecified atom stereocenters. The number of amides is 1. The number of methoxy groups -OCH3 is 1. The van der Waals surface area contributed by atoms with Crippen molar-refractivity contribution >= 4 is 39.6 Å². The molecule has 2 bridgehead atoms. The topological polar surface area (TPSA) is 85.4 Å². The molecule has 1 amide bonds. The number of likely N-dealkylation sites (tertiary alicyclic amines) is 1. The van der Waals surface area contributed by atoms with Crippen molar-refractivity contribution in [3.63, 3.8) is 0 Å². The Morgan fingerprint density at radius 3 is 2.60 bits per heavy atom. The second-order valence-electron chi connectivity index (χ2n) is 12.6. The number of rotatable bonds is 6. The van der Waals surface area contributed by atoms with Gasteiger partial charge in [-0.15, -0.1) is 0 Å². The first-order valence-corrected chi connectivity index (χ1v) is 15.5. The number of piperidine rings is 1. The normalized spacial score (nSPS) is 21.4. The molecule has 0 spiro atoms. The Morgan fingerprint density at radius 1 is 1.07 bits per heavy atom. The minimum absolute atomic E-state index is 0.0684. The highest BCUT2D eigenvalue weighted by Gasteiger charge is 2.46. The third kappa shape index (κ3) is 4.21. The fourth-order valence-corrected chi connectivity index (χ4v) is 7.72. The van der Waals surface area contributed by atoms with Gasteiger partial charge in [0.15, 0.2) is 5.82 Å². The third-order valence-corrected chi connectivity index (χ3v) is 10.3. The van der Waals surface area contributed by atoms with Gasteiger partial charge in [-0.25, -0.2) is 9.97 Å². The molecular weight excluding hydrogens is 562 g/mol. The van der Waals surface area contributed by atoms with Crippen LogP contribution >= 0.6 is 11.6 Å². The molecule has 0 radical (unpaired) electrons. The summed E-state index contributed by atoms with van der Waals surface area (Å²) in [5.74, 6) is 3.40. The van der Waals surface area contributed by atoms with Crippen LogP contribution in [0.1, 0.15) is 43.0 Å². The summed E-state index contributed by atoms with van der Waals surface area (Å²) in [6.07, 6.45) is 4.70. The van der Waals surface area contributed by atoms with Gasteiger partial charge in [0.25, 0.3) is 5.91 Å². The highest BCUT2D eigenvalue weighted by atomic mass is 35.5. The zero-order valence-corrected chi connectivity index (χ0v) is 25.3. The lowest BCUT2D eigenvalue weighted by molar-refractivity contribution is 0.0696. The van der Waals surface area contributed by atoms with Crippen LogP contribution in [0.15, 0.2) is 48.5 Å². The Morgan fingerprint density at radius 2 is 1.91 bits per heavy atom. The maximum Gasteiger partial charge on any atom is 0.254 e. The summed E-state index contributed by atoms with van der Waals surface area (Å²) in [6, 6.07) is 15.3. The molecule has 3 atom stereocenters. The maximum atomic E-state index is 13.7. The van der Waals surface area contributed by atoms with Crippen molar-refractivity contribution in [1.29, 1.82) is 0 Å². The molecule has 2 saturated carbocycles. The smallest absolute Gasteiger partial charge is 0.254 e. The Balaban J connectivity index is 1.25. The van der Waals surface area contributed by atoms with Crippen LogP contribution < -0.4 is 4.74 Å². The highest BCUT2D eigenvalue weighted by Crippen LogP contribution is 2.44. The Hall–Kier alpha value is -4.04. The number of aromatic hydroxyl groups is 1. The number of carbonyl (C=O) groups excluding carboxylic acids is 1. The monoisotopic (exact) mass is 595 g/mol.